The lowest BCUT2D eigenvalue weighted by molar-refractivity contribution is -0.132. The Bertz CT molecular complexity index is 637. The highest BCUT2D eigenvalue weighted by molar-refractivity contribution is 7.89. The van der Waals surface area contributed by atoms with E-state index in [0.717, 1.165) is 4.31 Å². The predicted molar refractivity (Wildman–Crippen MR) is 72.8 cm³/mol. The second-order valence-corrected chi connectivity index (χ2v) is 6.67. The number of carbonyl (C=O) groups is 2. The molecule has 1 aliphatic heterocycles. The van der Waals surface area contributed by atoms with Gasteiger partial charge in [-0.3, -0.25) is 9.59 Å². The lowest BCUT2D eigenvalue weighted by atomic mass is 10.2. The molecule has 0 spiro atoms. The fourth-order valence-corrected chi connectivity index (χ4v) is 3.33. The second-order valence-electron chi connectivity index (χ2n) is 4.73. The van der Waals surface area contributed by atoms with E-state index in [1.807, 2.05) is 0 Å². The number of hydrogen-bond donors (Lipinski definition) is 0. The molecular formula is C13H16N2O4S. The van der Waals surface area contributed by atoms with Crippen LogP contribution in [-0.4, -0.2) is 56.0 Å². The number of sulfonamides is 1. The van der Waals surface area contributed by atoms with E-state index < -0.39 is 10.0 Å². The number of amides is 1. The zero-order chi connectivity index (χ0) is 14.9. The molecule has 1 fully saturated rings. The van der Waals surface area contributed by atoms with Gasteiger partial charge in [-0.05, 0) is 19.1 Å². The van der Waals surface area contributed by atoms with Crippen LogP contribution in [0.15, 0.2) is 29.2 Å². The first-order chi connectivity index (χ1) is 9.32. The normalized spacial score (nSPS) is 17.3. The minimum Gasteiger partial charge on any atom is -0.343 e. The van der Waals surface area contributed by atoms with Crippen LogP contribution < -0.4 is 0 Å². The number of nitrogens with zero attached hydrogens (tertiary/aromatic N) is 2. The van der Waals surface area contributed by atoms with Gasteiger partial charge in [0.05, 0.1) is 11.4 Å². The van der Waals surface area contributed by atoms with Gasteiger partial charge in [-0.1, -0.05) is 12.1 Å². The van der Waals surface area contributed by atoms with E-state index in [0.29, 0.717) is 12.1 Å². The van der Waals surface area contributed by atoms with E-state index in [1.165, 1.54) is 36.1 Å². The standard InChI is InChI=1S/C13H16N2O4S/c1-10(16)11-3-5-12(6-4-11)20(18,19)15-8-7-14(2)13(17)9-15/h3-6H,7-9H2,1-2H3. The van der Waals surface area contributed by atoms with Crippen LogP contribution >= 0.6 is 0 Å². The third kappa shape index (κ3) is 2.73. The number of likely N-dealkylation sites (N-methyl/N-ethyl adjacent to an activating group) is 1. The van der Waals surface area contributed by atoms with Gasteiger partial charge in [-0.25, -0.2) is 8.42 Å². The first-order valence-electron chi connectivity index (χ1n) is 6.17. The summed E-state index contributed by atoms with van der Waals surface area (Å²) in [5, 5.41) is 0. The summed E-state index contributed by atoms with van der Waals surface area (Å²) in [7, 11) is -2.04. The molecule has 1 aliphatic rings. The second kappa shape index (κ2) is 5.34. The molecule has 6 nitrogen and oxygen atoms in total. The van der Waals surface area contributed by atoms with Crippen molar-refractivity contribution in [1.29, 1.82) is 0 Å². The highest BCUT2D eigenvalue weighted by atomic mass is 32.2. The van der Waals surface area contributed by atoms with Gasteiger partial charge in [0, 0.05) is 25.7 Å². The van der Waals surface area contributed by atoms with Crippen LogP contribution in [0, 0.1) is 0 Å². The average Bonchev–Trinajstić information content (AvgIpc) is 2.41. The number of benzene rings is 1. The van der Waals surface area contributed by atoms with Gasteiger partial charge in [0.15, 0.2) is 5.78 Å². The van der Waals surface area contributed by atoms with Crippen molar-refractivity contribution in [3.63, 3.8) is 0 Å². The molecule has 2 rings (SSSR count). The van der Waals surface area contributed by atoms with E-state index >= 15 is 0 Å². The fourth-order valence-electron chi connectivity index (χ4n) is 1.95. The Morgan fingerprint density at radius 2 is 1.75 bits per heavy atom. The molecule has 1 aromatic rings. The third-order valence-electron chi connectivity index (χ3n) is 3.32. The predicted octanol–water partition coefficient (Wildman–Crippen LogP) is 0.352. The smallest absolute Gasteiger partial charge is 0.243 e. The van der Waals surface area contributed by atoms with Crippen molar-refractivity contribution in [1.82, 2.24) is 9.21 Å². The minimum absolute atomic E-state index is 0.0971. The number of Topliss-reactive ketones (excluding diaryl/α,β-unsaturated/α-hetero) is 1. The largest absolute Gasteiger partial charge is 0.343 e. The van der Waals surface area contributed by atoms with Gasteiger partial charge in [0.1, 0.15) is 0 Å². The monoisotopic (exact) mass is 296 g/mol. The van der Waals surface area contributed by atoms with Gasteiger partial charge in [-0.2, -0.15) is 4.31 Å². The molecule has 0 unspecified atom stereocenters. The van der Waals surface area contributed by atoms with Gasteiger partial charge in [-0.15, -0.1) is 0 Å². The molecule has 0 radical (unpaired) electrons. The van der Waals surface area contributed by atoms with Gasteiger partial charge in [0.25, 0.3) is 0 Å². The van der Waals surface area contributed by atoms with Gasteiger partial charge in [0.2, 0.25) is 15.9 Å². The molecule has 1 amide bonds. The zero-order valence-electron chi connectivity index (χ0n) is 11.4. The number of ketones is 1. The van der Waals surface area contributed by atoms with Crippen molar-refractivity contribution < 1.29 is 18.0 Å². The summed E-state index contributed by atoms with van der Waals surface area (Å²) in [6, 6.07) is 5.75. The van der Waals surface area contributed by atoms with Crippen LogP contribution in [0.4, 0.5) is 0 Å². The van der Waals surface area contributed by atoms with E-state index in [4.69, 9.17) is 0 Å². The van der Waals surface area contributed by atoms with Crippen molar-refractivity contribution in [2.75, 3.05) is 26.7 Å². The molecule has 1 aromatic carbocycles. The summed E-state index contributed by atoms with van der Waals surface area (Å²) in [5.41, 5.74) is 0.457. The zero-order valence-corrected chi connectivity index (χ0v) is 12.2. The summed E-state index contributed by atoms with van der Waals surface area (Å²) in [5.74, 6) is -0.344. The molecule has 1 saturated heterocycles. The Kier molecular flexibility index (Phi) is 3.92. The Morgan fingerprint density at radius 1 is 1.15 bits per heavy atom. The molecule has 0 saturated carbocycles. The maximum atomic E-state index is 12.4. The summed E-state index contributed by atoms with van der Waals surface area (Å²) < 4.78 is 25.9. The highest BCUT2D eigenvalue weighted by Gasteiger charge is 2.31. The quantitative estimate of drug-likeness (QED) is 0.754. The van der Waals surface area contributed by atoms with Gasteiger partial charge >= 0.3 is 0 Å². The van der Waals surface area contributed by atoms with Crippen molar-refractivity contribution in [3.05, 3.63) is 29.8 Å². The molecule has 0 aliphatic carbocycles. The SMILES string of the molecule is CC(=O)c1ccc(S(=O)(=O)N2CCN(C)C(=O)C2)cc1. The molecular weight excluding hydrogens is 280 g/mol. The fraction of sp³-hybridized carbons (Fsp3) is 0.385. The van der Waals surface area contributed by atoms with Crippen LogP contribution in [-0.2, 0) is 14.8 Å². The first-order valence-corrected chi connectivity index (χ1v) is 7.61. The van der Waals surface area contributed by atoms with E-state index in [2.05, 4.69) is 0 Å². The van der Waals surface area contributed by atoms with Crippen LogP contribution in [0.2, 0.25) is 0 Å². The van der Waals surface area contributed by atoms with Crippen molar-refractivity contribution in [3.8, 4) is 0 Å². The Hall–Kier alpha value is -1.73. The summed E-state index contributed by atoms with van der Waals surface area (Å²) >= 11 is 0. The maximum Gasteiger partial charge on any atom is 0.243 e. The highest BCUT2D eigenvalue weighted by Crippen LogP contribution is 2.18. The first kappa shape index (κ1) is 14.7. The molecule has 0 aromatic heterocycles. The van der Waals surface area contributed by atoms with Crippen LogP contribution in [0.5, 0.6) is 0 Å². The minimum atomic E-state index is -3.69. The number of hydrogen-bond acceptors (Lipinski definition) is 4. The molecule has 0 N–H and O–H groups in total. The number of carbonyl (C=O) groups excluding carboxylic acids is 2. The lowest BCUT2D eigenvalue weighted by Crippen LogP contribution is -2.50. The molecule has 108 valence electrons. The number of piperazine rings is 1. The van der Waals surface area contributed by atoms with E-state index in [1.54, 1.807) is 7.05 Å². The molecule has 1 heterocycles. The van der Waals surface area contributed by atoms with Crippen LogP contribution in [0.25, 0.3) is 0 Å². The molecule has 0 bridgehead atoms. The van der Waals surface area contributed by atoms with Gasteiger partial charge < -0.3 is 4.90 Å². The third-order valence-corrected chi connectivity index (χ3v) is 5.18. The molecule has 7 heteroatoms. The molecule has 0 atom stereocenters. The van der Waals surface area contributed by atoms with Crippen LogP contribution in [0.1, 0.15) is 17.3 Å². The Morgan fingerprint density at radius 3 is 2.25 bits per heavy atom. The van der Waals surface area contributed by atoms with Crippen molar-refractivity contribution in [2.45, 2.75) is 11.8 Å². The average molecular weight is 296 g/mol. The number of rotatable bonds is 3. The van der Waals surface area contributed by atoms with Crippen molar-refractivity contribution in [2.24, 2.45) is 0 Å². The van der Waals surface area contributed by atoms with Crippen LogP contribution in [0.3, 0.4) is 0 Å². The Balaban J connectivity index is 2.26. The maximum absolute atomic E-state index is 12.4. The lowest BCUT2D eigenvalue weighted by Gasteiger charge is -2.31. The Labute approximate surface area is 118 Å². The van der Waals surface area contributed by atoms with E-state index in [-0.39, 0.29) is 29.7 Å². The summed E-state index contributed by atoms with van der Waals surface area (Å²) in [4.78, 5) is 24.4. The summed E-state index contributed by atoms with van der Waals surface area (Å²) in [6.07, 6.45) is 0. The topological polar surface area (TPSA) is 74.8 Å². The van der Waals surface area contributed by atoms with Crippen molar-refractivity contribution >= 4 is 21.7 Å². The molecule has 20 heavy (non-hydrogen) atoms. The summed E-state index contributed by atoms with van der Waals surface area (Å²) in [6.45, 7) is 1.93. The van der Waals surface area contributed by atoms with E-state index in [9.17, 15) is 18.0 Å².